The van der Waals surface area contributed by atoms with E-state index >= 15 is 0 Å². The number of carbonyl (C=O) groups is 2. The summed E-state index contributed by atoms with van der Waals surface area (Å²) in [6, 6.07) is 7.09. The van der Waals surface area contributed by atoms with Gasteiger partial charge in [-0.05, 0) is 42.5 Å². The number of nitrogens with zero attached hydrogens (tertiary/aromatic N) is 1. The minimum absolute atomic E-state index is 0.0398. The van der Waals surface area contributed by atoms with Gasteiger partial charge in [0.05, 0.1) is 24.6 Å². The molecule has 2 aliphatic carbocycles. The largest absolute Gasteiger partial charge is 0.497 e. The number of benzene rings is 1. The van der Waals surface area contributed by atoms with Crippen LogP contribution in [0.4, 0.5) is 5.69 Å². The molecule has 0 aromatic heterocycles. The molecule has 2 bridgehead atoms. The maximum absolute atomic E-state index is 12.6. The van der Waals surface area contributed by atoms with E-state index in [4.69, 9.17) is 4.74 Å². The number of hydrogen-bond donors (Lipinski definition) is 0. The molecule has 4 atom stereocenters. The van der Waals surface area contributed by atoms with Crippen LogP contribution >= 0.6 is 0 Å². The molecule has 1 aromatic carbocycles. The van der Waals surface area contributed by atoms with Crippen molar-refractivity contribution in [1.82, 2.24) is 0 Å². The number of anilines is 1. The zero-order valence-corrected chi connectivity index (χ0v) is 11.2. The van der Waals surface area contributed by atoms with E-state index in [2.05, 4.69) is 12.2 Å². The second-order valence-corrected chi connectivity index (χ2v) is 5.71. The quantitative estimate of drug-likeness (QED) is 0.609. The first-order chi connectivity index (χ1) is 9.70. The monoisotopic (exact) mass is 269 g/mol. The predicted octanol–water partition coefficient (Wildman–Crippen LogP) is 2.01. The van der Waals surface area contributed by atoms with Gasteiger partial charge in [-0.25, -0.2) is 0 Å². The minimum atomic E-state index is -0.139. The van der Waals surface area contributed by atoms with Gasteiger partial charge >= 0.3 is 0 Å². The number of allylic oxidation sites excluding steroid dienone is 2. The fraction of sp³-hybridized carbons (Fsp3) is 0.375. The molecule has 4 nitrogen and oxygen atoms in total. The molecule has 3 aliphatic rings. The zero-order valence-electron chi connectivity index (χ0n) is 11.2. The number of amides is 2. The summed E-state index contributed by atoms with van der Waals surface area (Å²) >= 11 is 0. The van der Waals surface area contributed by atoms with Crippen molar-refractivity contribution < 1.29 is 14.3 Å². The molecule has 2 fully saturated rings. The smallest absolute Gasteiger partial charge is 0.238 e. The van der Waals surface area contributed by atoms with Crippen molar-refractivity contribution in [1.29, 1.82) is 0 Å². The maximum atomic E-state index is 12.6. The molecule has 20 heavy (non-hydrogen) atoms. The molecule has 0 N–H and O–H groups in total. The fourth-order valence-corrected chi connectivity index (χ4v) is 3.89. The Kier molecular flexibility index (Phi) is 2.31. The van der Waals surface area contributed by atoms with Crippen LogP contribution in [0.3, 0.4) is 0 Å². The molecule has 1 saturated carbocycles. The summed E-state index contributed by atoms with van der Waals surface area (Å²) in [4.78, 5) is 26.5. The highest BCUT2D eigenvalue weighted by Gasteiger charge is 2.59. The van der Waals surface area contributed by atoms with Gasteiger partial charge in [-0.15, -0.1) is 0 Å². The Hall–Kier alpha value is -2.10. The van der Waals surface area contributed by atoms with Gasteiger partial charge in [0, 0.05) is 0 Å². The van der Waals surface area contributed by atoms with Gasteiger partial charge in [-0.2, -0.15) is 0 Å². The van der Waals surface area contributed by atoms with Crippen LogP contribution in [0.2, 0.25) is 0 Å². The lowest BCUT2D eigenvalue weighted by atomic mass is 9.85. The van der Waals surface area contributed by atoms with Crippen LogP contribution in [-0.4, -0.2) is 18.9 Å². The van der Waals surface area contributed by atoms with E-state index in [-0.39, 0.29) is 35.5 Å². The summed E-state index contributed by atoms with van der Waals surface area (Å²) in [6.07, 6.45) is 5.17. The second-order valence-electron chi connectivity index (χ2n) is 5.71. The number of methoxy groups -OCH3 is 1. The lowest BCUT2D eigenvalue weighted by Gasteiger charge is -2.17. The van der Waals surface area contributed by atoms with Crippen molar-refractivity contribution >= 4 is 17.5 Å². The van der Waals surface area contributed by atoms with Crippen molar-refractivity contribution in [2.75, 3.05) is 12.0 Å². The Balaban J connectivity index is 1.70. The molecule has 1 saturated heterocycles. The Morgan fingerprint density at radius 1 is 1.00 bits per heavy atom. The number of fused-ring (bicyclic) bond motifs is 5. The van der Waals surface area contributed by atoms with Gasteiger partial charge in [0.1, 0.15) is 5.75 Å². The number of imide groups is 1. The standard InChI is InChI=1S/C16H15NO3/c1-20-12-6-4-11(5-7-12)17-15(18)13-9-2-3-10(8-9)14(13)16(17)19/h2-7,9-10,13-14H,8H2,1H3/t9-,10-,13-,14+/m1/s1. The molecule has 1 aliphatic heterocycles. The lowest BCUT2D eigenvalue weighted by molar-refractivity contribution is -0.123. The molecule has 2 amide bonds. The SMILES string of the molecule is COc1ccc(N2C(=O)[C@@H]3[C@H](C2=O)[C@@H]2C=C[C@@H]3C2)cc1. The Labute approximate surface area is 117 Å². The summed E-state index contributed by atoms with van der Waals surface area (Å²) in [6.45, 7) is 0. The predicted molar refractivity (Wildman–Crippen MR) is 73.2 cm³/mol. The van der Waals surface area contributed by atoms with Crippen molar-refractivity contribution in [2.24, 2.45) is 23.7 Å². The first-order valence-electron chi connectivity index (χ1n) is 6.91. The van der Waals surface area contributed by atoms with Crippen LogP contribution in [0.1, 0.15) is 6.42 Å². The summed E-state index contributed by atoms with van der Waals surface area (Å²) in [5.74, 6) is 0.868. The van der Waals surface area contributed by atoms with Crippen LogP contribution in [0, 0.1) is 23.7 Å². The average molecular weight is 269 g/mol. The number of hydrogen-bond acceptors (Lipinski definition) is 3. The number of carbonyl (C=O) groups excluding carboxylic acids is 2. The highest BCUT2D eigenvalue weighted by molar-refractivity contribution is 6.22. The Morgan fingerprint density at radius 3 is 2.05 bits per heavy atom. The third-order valence-corrected chi connectivity index (χ3v) is 4.80. The van der Waals surface area contributed by atoms with Crippen molar-refractivity contribution in [2.45, 2.75) is 6.42 Å². The van der Waals surface area contributed by atoms with Gasteiger partial charge in [0.15, 0.2) is 0 Å². The molecular weight excluding hydrogens is 254 g/mol. The lowest BCUT2D eigenvalue weighted by Crippen LogP contribution is -2.32. The highest BCUT2D eigenvalue weighted by Crippen LogP contribution is 2.53. The van der Waals surface area contributed by atoms with E-state index in [9.17, 15) is 9.59 Å². The van der Waals surface area contributed by atoms with Crippen LogP contribution in [-0.2, 0) is 9.59 Å². The van der Waals surface area contributed by atoms with E-state index in [1.54, 1.807) is 31.4 Å². The zero-order chi connectivity index (χ0) is 13.9. The van der Waals surface area contributed by atoms with E-state index in [1.807, 2.05) is 0 Å². The first kappa shape index (κ1) is 11.7. The minimum Gasteiger partial charge on any atom is -0.497 e. The average Bonchev–Trinajstić information content (AvgIpc) is 3.14. The van der Waals surface area contributed by atoms with Gasteiger partial charge < -0.3 is 4.74 Å². The number of rotatable bonds is 2. The molecule has 0 unspecified atom stereocenters. The van der Waals surface area contributed by atoms with Gasteiger partial charge in [-0.1, -0.05) is 12.2 Å². The van der Waals surface area contributed by atoms with Crippen LogP contribution in [0.25, 0.3) is 0 Å². The Bertz CT molecular complexity index is 589. The van der Waals surface area contributed by atoms with Crippen molar-refractivity contribution in [3.05, 3.63) is 36.4 Å². The molecule has 4 heteroatoms. The first-order valence-corrected chi connectivity index (χ1v) is 6.91. The van der Waals surface area contributed by atoms with Crippen molar-refractivity contribution in [3.8, 4) is 5.75 Å². The topological polar surface area (TPSA) is 46.6 Å². The van der Waals surface area contributed by atoms with Gasteiger partial charge in [0.2, 0.25) is 11.8 Å². The van der Waals surface area contributed by atoms with E-state index in [1.165, 1.54) is 4.90 Å². The summed E-state index contributed by atoms with van der Waals surface area (Å²) < 4.78 is 5.11. The summed E-state index contributed by atoms with van der Waals surface area (Å²) in [5, 5.41) is 0. The molecular formula is C16H15NO3. The highest BCUT2D eigenvalue weighted by atomic mass is 16.5. The van der Waals surface area contributed by atoms with Crippen LogP contribution in [0.5, 0.6) is 5.75 Å². The normalized spacial score (nSPS) is 34.0. The van der Waals surface area contributed by atoms with E-state index in [0.29, 0.717) is 5.69 Å². The van der Waals surface area contributed by atoms with Crippen LogP contribution < -0.4 is 9.64 Å². The van der Waals surface area contributed by atoms with E-state index < -0.39 is 0 Å². The van der Waals surface area contributed by atoms with Gasteiger partial charge in [-0.3, -0.25) is 14.5 Å². The Morgan fingerprint density at radius 2 is 1.55 bits per heavy atom. The van der Waals surface area contributed by atoms with Gasteiger partial charge in [0.25, 0.3) is 0 Å². The molecule has 4 rings (SSSR count). The molecule has 102 valence electrons. The summed E-state index contributed by atoms with van der Waals surface area (Å²) in [7, 11) is 1.59. The fourth-order valence-electron chi connectivity index (χ4n) is 3.89. The molecule has 1 aromatic rings. The number of ether oxygens (including phenoxy) is 1. The summed E-state index contributed by atoms with van der Waals surface area (Å²) in [5.41, 5.74) is 0.648. The third-order valence-electron chi connectivity index (χ3n) is 4.80. The molecule has 0 spiro atoms. The molecule has 1 heterocycles. The maximum Gasteiger partial charge on any atom is 0.238 e. The van der Waals surface area contributed by atoms with E-state index in [0.717, 1.165) is 12.2 Å². The van der Waals surface area contributed by atoms with Crippen molar-refractivity contribution in [3.63, 3.8) is 0 Å². The molecule has 0 radical (unpaired) electrons. The third kappa shape index (κ3) is 1.36. The van der Waals surface area contributed by atoms with Crippen LogP contribution in [0.15, 0.2) is 36.4 Å². The second kappa shape index (κ2) is 3.95.